The second-order valence-electron chi connectivity index (χ2n) is 7.90. The van der Waals surface area contributed by atoms with Crippen LogP contribution in [-0.4, -0.2) is 36.2 Å². The summed E-state index contributed by atoms with van der Waals surface area (Å²) in [6, 6.07) is 19.1. The number of carbonyl (C=O) groups is 3. The fourth-order valence-electron chi connectivity index (χ4n) is 4.11. The van der Waals surface area contributed by atoms with Gasteiger partial charge in [-0.15, -0.1) is 0 Å². The molecular formula is C26H23FN2O5. The van der Waals surface area contributed by atoms with Crippen LogP contribution < -0.4 is 10.6 Å². The average molecular weight is 462 g/mol. The van der Waals surface area contributed by atoms with Crippen molar-refractivity contribution in [1.82, 2.24) is 5.32 Å². The average Bonchev–Trinajstić information content (AvgIpc) is 3.14. The summed E-state index contributed by atoms with van der Waals surface area (Å²) in [5.74, 6) is -2.45. The fraction of sp³-hybridized carbons (Fsp3) is 0.192. The van der Waals surface area contributed by atoms with Crippen molar-refractivity contribution in [2.45, 2.75) is 18.8 Å². The van der Waals surface area contributed by atoms with Gasteiger partial charge in [-0.2, -0.15) is 0 Å². The zero-order valence-corrected chi connectivity index (χ0v) is 18.2. The van der Waals surface area contributed by atoms with Crippen LogP contribution in [0.3, 0.4) is 0 Å². The number of carboxylic acids is 1. The first kappa shape index (κ1) is 23.0. The number of hydrogen-bond acceptors (Lipinski definition) is 4. The van der Waals surface area contributed by atoms with E-state index in [1.54, 1.807) is 0 Å². The number of nitrogens with one attached hydrogen (secondary N) is 2. The normalized spacial score (nSPS) is 11.9. The lowest BCUT2D eigenvalue weighted by molar-refractivity contribution is -0.116. The third kappa shape index (κ3) is 5.06. The first-order chi connectivity index (χ1) is 16.4. The van der Waals surface area contributed by atoms with E-state index in [1.807, 2.05) is 36.4 Å². The molecule has 3 aromatic carbocycles. The lowest BCUT2D eigenvalue weighted by atomic mass is 9.98. The minimum absolute atomic E-state index is 0.0131. The third-order valence-electron chi connectivity index (χ3n) is 5.68. The van der Waals surface area contributed by atoms with Crippen molar-refractivity contribution in [2.75, 3.05) is 18.5 Å². The molecule has 0 fully saturated rings. The van der Waals surface area contributed by atoms with Gasteiger partial charge in [0.2, 0.25) is 5.91 Å². The number of carboxylic acid groups (broad SMARTS) is 1. The van der Waals surface area contributed by atoms with E-state index in [1.165, 1.54) is 0 Å². The van der Waals surface area contributed by atoms with E-state index in [0.29, 0.717) is 6.42 Å². The summed E-state index contributed by atoms with van der Waals surface area (Å²) in [5.41, 5.74) is 4.20. The fourth-order valence-corrected chi connectivity index (χ4v) is 4.11. The van der Waals surface area contributed by atoms with Crippen LogP contribution in [0.2, 0.25) is 0 Å². The van der Waals surface area contributed by atoms with Crippen LogP contribution in [0.5, 0.6) is 0 Å². The number of halogens is 1. The largest absolute Gasteiger partial charge is 0.478 e. The first-order valence-electron chi connectivity index (χ1n) is 10.9. The molecular weight excluding hydrogens is 439 g/mol. The second kappa shape index (κ2) is 10.2. The Hall–Kier alpha value is -4.20. The molecule has 34 heavy (non-hydrogen) atoms. The van der Waals surface area contributed by atoms with Crippen molar-refractivity contribution < 1.29 is 28.6 Å². The smallest absolute Gasteiger partial charge is 0.407 e. The van der Waals surface area contributed by atoms with Crippen LogP contribution in [0, 0.1) is 5.82 Å². The molecule has 0 atom stereocenters. The highest BCUT2D eigenvalue weighted by molar-refractivity contribution is 6.00. The van der Waals surface area contributed by atoms with Gasteiger partial charge in [-0.1, -0.05) is 48.5 Å². The number of benzene rings is 3. The zero-order valence-electron chi connectivity index (χ0n) is 18.2. The van der Waals surface area contributed by atoms with Crippen LogP contribution >= 0.6 is 0 Å². The van der Waals surface area contributed by atoms with Crippen molar-refractivity contribution >= 4 is 23.7 Å². The van der Waals surface area contributed by atoms with Crippen LogP contribution in [0.4, 0.5) is 14.9 Å². The van der Waals surface area contributed by atoms with Crippen molar-refractivity contribution in [3.63, 3.8) is 0 Å². The van der Waals surface area contributed by atoms with Gasteiger partial charge in [-0.25, -0.2) is 14.0 Å². The second-order valence-corrected chi connectivity index (χ2v) is 7.90. The zero-order chi connectivity index (χ0) is 24.1. The van der Waals surface area contributed by atoms with Gasteiger partial charge in [0.25, 0.3) is 0 Å². The van der Waals surface area contributed by atoms with Crippen molar-refractivity contribution in [3.8, 4) is 11.1 Å². The molecule has 3 N–H and O–H groups in total. The van der Waals surface area contributed by atoms with Crippen LogP contribution in [0.25, 0.3) is 11.1 Å². The lowest BCUT2D eigenvalue weighted by Crippen LogP contribution is -2.27. The Morgan fingerprint density at radius 2 is 1.59 bits per heavy atom. The van der Waals surface area contributed by atoms with Crippen molar-refractivity contribution in [2.24, 2.45) is 0 Å². The van der Waals surface area contributed by atoms with E-state index in [4.69, 9.17) is 9.84 Å². The molecule has 0 aliphatic heterocycles. The maximum Gasteiger partial charge on any atom is 0.407 e. The van der Waals surface area contributed by atoms with Gasteiger partial charge in [0, 0.05) is 18.9 Å². The van der Waals surface area contributed by atoms with E-state index >= 15 is 0 Å². The molecule has 0 spiro atoms. The standard InChI is InChI=1S/C26H23FN2O5/c27-16-11-12-21(25(31)32)23(14-16)29-24(30)10-5-13-28-26(33)34-15-22-19-8-3-1-6-17(19)18-7-2-4-9-20(18)22/h1-4,6-9,11-12,14,22H,5,10,13,15H2,(H,28,33)(H,29,30)(H,31,32). The first-order valence-corrected chi connectivity index (χ1v) is 10.9. The molecule has 8 heteroatoms. The molecule has 1 aliphatic rings. The summed E-state index contributed by atoms with van der Waals surface area (Å²) in [4.78, 5) is 35.5. The minimum Gasteiger partial charge on any atom is -0.478 e. The summed E-state index contributed by atoms with van der Waals surface area (Å²) in [7, 11) is 0. The number of rotatable bonds is 8. The Morgan fingerprint density at radius 3 is 2.24 bits per heavy atom. The van der Waals surface area contributed by atoms with Gasteiger partial charge >= 0.3 is 12.1 Å². The van der Waals surface area contributed by atoms with Crippen molar-refractivity contribution in [1.29, 1.82) is 0 Å². The number of anilines is 1. The number of fused-ring (bicyclic) bond motifs is 3. The summed E-state index contributed by atoms with van der Waals surface area (Å²) in [6.45, 7) is 0.386. The van der Waals surface area contributed by atoms with Crippen LogP contribution in [-0.2, 0) is 9.53 Å². The van der Waals surface area contributed by atoms with Gasteiger partial charge in [-0.3, -0.25) is 4.79 Å². The van der Waals surface area contributed by atoms with Gasteiger partial charge in [0.1, 0.15) is 12.4 Å². The highest BCUT2D eigenvalue weighted by atomic mass is 19.1. The highest BCUT2D eigenvalue weighted by Gasteiger charge is 2.28. The Bertz CT molecular complexity index is 1200. The predicted octanol–water partition coefficient (Wildman–Crippen LogP) is 4.78. The highest BCUT2D eigenvalue weighted by Crippen LogP contribution is 2.44. The van der Waals surface area contributed by atoms with E-state index < -0.39 is 23.8 Å². The topological polar surface area (TPSA) is 105 Å². The number of ether oxygens (including phenoxy) is 1. The predicted molar refractivity (Wildman–Crippen MR) is 124 cm³/mol. The molecule has 0 heterocycles. The van der Waals surface area contributed by atoms with Gasteiger partial charge in [-0.05, 0) is 46.9 Å². The molecule has 0 unspecified atom stereocenters. The Labute approximate surface area is 195 Å². The van der Waals surface area contributed by atoms with E-state index in [9.17, 15) is 18.8 Å². The maximum absolute atomic E-state index is 13.4. The Morgan fingerprint density at radius 1 is 0.941 bits per heavy atom. The Kier molecular flexibility index (Phi) is 6.87. The lowest BCUT2D eigenvalue weighted by Gasteiger charge is -2.14. The SMILES string of the molecule is O=C(CCCNC(=O)OCC1c2ccccc2-c2ccccc21)Nc1cc(F)ccc1C(=O)O. The van der Waals surface area contributed by atoms with Crippen LogP contribution in [0.1, 0.15) is 40.2 Å². The molecule has 0 bridgehead atoms. The maximum atomic E-state index is 13.4. The molecule has 2 amide bonds. The Balaban J connectivity index is 1.23. The summed E-state index contributed by atoms with van der Waals surface area (Å²) in [6.07, 6.45) is -0.270. The molecule has 4 rings (SSSR count). The van der Waals surface area contributed by atoms with Gasteiger partial charge < -0.3 is 20.5 Å². The summed E-state index contributed by atoms with van der Waals surface area (Å²) in [5, 5.41) is 14.2. The molecule has 0 aromatic heterocycles. The monoisotopic (exact) mass is 462 g/mol. The minimum atomic E-state index is -1.27. The number of amides is 2. The molecule has 0 saturated carbocycles. The molecule has 0 saturated heterocycles. The summed E-state index contributed by atoms with van der Waals surface area (Å²) < 4.78 is 18.8. The number of alkyl carbamates (subject to hydrolysis) is 1. The van der Waals surface area contributed by atoms with E-state index in [0.717, 1.165) is 40.5 Å². The van der Waals surface area contributed by atoms with E-state index in [2.05, 4.69) is 22.8 Å². The molecule has 3 aromatic rings. The molecule has 174 valence electrons. The summed E-state index contributed by atoms with van der Waals surface area (Å²) >= 11 is 0. The van der Waals surface area contributed by atoms with Gasteiger partial charge in [0.15, 0.2) is 0 Å². The number of aromatic carboxylic acids is 1. The molecule has 0 radical (unpaired) electrons. The number of hydrogen-bond donors (Lipinski definition) is 3. The molecule has 1 aliphatic carbocycles. The quantitative estimate of drug-likeness (QED) is 0.418. The van der Waals surface area contributed by atoms with Crippen LogP contribution in [0.15, 0.2) is 66.7 Å². The van der Waals surface area contributed by atoms with Crippen molar-refractivity contribution in [3.05, 3.63) is 89.2 Å². The molecule has 7 nitrogen and oxygen atoms in total. The van der Waals surface area contributed by atoms with Gasteiger partial charge in [0.05, 0.1) is 11.3 Å². The number of carbonyl (C=O) groups excluding carboxylic acids is 2. The third-order valence-corrected chi connectivity index (χ3v) is 5.68. The van der Waals surface area contributed by atoms with E-state index in [-0.39, 0.29) is 36.7 Å².